The molecule has 3 aromatic carbocycles. The van der Waals surface area contributed by atoms with Crippen LogP contribution < -0.4 is 16.0 Å². The van der Waals surface area contributed by atoms with E-state index in [4.69, 9.17) is 0 Å². The van der Waals surface area contributed by atoms with E-state index >= 15 is 0 Å². The minimum atomic E-state index is -0.190. The summed E-state index contributed by atoms with van der Waals surface area (Å²) in [7, 11) is 0. The molecule has 1 aliphatic heterocycles. The van der Waals surface area contributed by atoms with Crippen molar-refractivity contribution < 1.29 is 9.59 Å². The zero-order valence-corrected chi connectivity index (χ0v) is 19.2. The molecule has 0 spiro atoms. The minimum absolute atomic E-state index is 0.0238. The lowest BCUT2D eigenvalue weighted by atomic mass is 10.1. The SMILES string of the molecule is O=C(CN1CCC(NC(=O)Nc2ccccc2)CC1)Nc1ccccc1Sc1ccccc1. The number of hydrogen-bond donors (Lipinski definition) is 3. The number of piperidine rings is 1. The van der Waals surface area contributed by atoms with Crippen LogP contribution in [0, 0.1) is 0 Å². The summed E-state index contributed by atoms with van der Waals surface area (Å²) in [4.78, 5) is 29.2. The second kappa shape index (κ2) is 11.5. The van der Waals surface area contributed by atoms with Crippen molar-refractivity contribution in [2.45, 2.75) is 28.7 Å². The molecule has 3 amide bonds. The van der Waals surface area contributed by atoms with Gasteiger partial charge in [-0.05, 0) is 49.2 Å². The van der Waals surface area contributed by atoms with Crippen molar-refractivity contribution >= 4 is 35.1 Å². The summed E-state index contributed by atoms with van der Waals surface area (Å²) >= 11 is 1.63. The van der Waals surface area contributed by atoms with Crippen LogP contribution in [0.5, 0.6) is 0 Å². The lowest BCUT2D eigenvalue weighted by molar-refractivity contribution is -0.117. The third kappa shape index (κ3) is 7.10. The molecule has 33 heavy (non-hydrogen) atoms. The van der Waals surface area contributed by atoms with Crippen molar-refractivity contribution in [1.29, 1.82) is 0 Å². The first-order chi connectivity index (χ1) is 16.2. The third-order valence-electron chi connectivity index (χ3n) is 5.45. The zero-order valence-electron chi connectivity index (χ0n) is 18.4. The average Bonchev–Trinajstić information content (AvgIpc) is 2.83. The maximum atomic E-state index is 12.7. The van der Waals surface area contributed by atoms with Crippen molar-refractivity contribution in [3.8, 4) is 0 Å². The predicted molar refractivity (Wildman–Crippen MR) is 134 cm³/mol. The fourth-order valence-electron chi connectivity index (χ4n) is 3.78. The fraction of sp³-hybridized carbons (Fsp3) is 0.231. The summed E-state index contributed by atoms with van der Waals surface area (Å²) in [6.07, 6.45) is 1.63. The number of benzene rings is 3. The van der Waals surface area contributed by atoms with Crippen molar-refractivity contribution in [3.05, 3.63) is 84.9 Å². The highest BCUT2D eigenvalue weighted by molar-refractivity contribution is 7.99. The Labute approximate surface area is 198 Å². The van der Waals surface area contributed by atoms with Crippen molar-refractivity contribution in [1.82, 2.24) is 10.2 Å². The molecule has 0 unspecified atom stereocenters. The van der Waals surface area contributed by atoms with Crippen LogP contribution in [-0.2, 0) is 4.79 Å². The smallest absolute Gasteiger partial charge is 0.319 e. The molecule has 3 N–H and O–H groups in total. The average molecular weight is 461 g/mol. The van der Waals surface area contributed by atoms with Crippen LogP contribution in [0.4, 0.5) is 16.2 Å². The molecule has 0 saturated carbocycles. The first-order valence-corrected chi connectivity index (χ1v) is 11.9. The Bertz CT molecular complexity index is 1050. The topological polar surface area (TPSA) is 73.5 Å². The highest BCUT2D eigenvalue weighted by atomic mass is 32.2. The summed E-state index contributed by atoms with van der Waals surface area (Å²) in [5.74, 6) is -0.0238. The van der Waals surface area contributed by atoms with Crippen LogP contribution in [0.3, 0.4) is 0 Å². The number of rotatable bonds is 7. The van der Waals surface area contributed by atoms with Crippen LogP contribution in [0.15, 0.2) is 94.7 Å². The van der Waals surface area contributed by atoms with E-state index in [-0.39, 0.29) is 18.0 Å². The van der Waals surface area contributed by atoms with E-state index in [0.29, 0.717) is 6.54 Å². The molecule has 1 aliphatic rings. The number of hydrogen-bond acceptors (Lipinski definition) is 4. The molecule has 1 heterocycles. The summed E-state index contributed by atoms with van der Waals surface area (Å²) in [6, 6.07) is 27.3. The Balaban J connectivity index is 1.22. The summed E-state index contributed by atoms with van der Waals surface area (Å²) < 4.78 is 0. The Morgan fingerprint density at radius 3 is 2.18 bits per heavy atom. The Kier molecular flexibility index (Phi) is 8.00. The third-order valence-corrected chi connectivity index (χ3v) is 6.54. The second-order valence-corrected chi connectivity index (χ2v) is 9.09. The van der Waals surface area contributed by atoms with Gasteiger partial charge >= 0.3 is 6.03 Å². The monoisotopic (exact) mass is 460 g/mol. The molecular weight excluding hydrogens is 432 g/mol. The molecule has 0 bridgehead atoms. The van der Waals surface area contributed by atoms with Gasteiger partial charge in [0.1, 0.15) is 0 Å². The van der Waals surface area contributed by atoms with Crippen LogP contribution in [0.1, 0.15) is 12.8 Å². The largest absolute Gasteiger partial charge is 0.335 e. The van der Waals surface area contributed by atoms with E-state index < -0.39 is 0 Å². The molecule has 170 valence electrons. The molecule has 0 radical (unpaired) electrons. The second-order valence-electron chi connectivity index (χ2n) is 7.97. The summed E-state index contributed by atoms with van der Waals surface area (Å²) in [6.45, 7) is 1.88. The highest BCUT2D eigenvalue weighted by Crippen LogP contribution is 2.33. The number of likely N-dealkylation sites (tertiary alicyclic amines) is 1. The molecule has 3 aromatic rings. The molecule has 1 fully saturated rings. The lowest BCUT2D eigenvalue weighted by Gasteiger charge is -2.31. The van der Waals surface area contributed by atoms with Gasteiger partial charge in [-0.15, -0.1) is 0 Å². The fourth-order valence-corrected chi connectivity index (χ4v) is 4.70. The first-order valence-electron chi connectivity index (χ1n) is 11.1. The number of anilines is 2. The normalized spacial score (nSPS) is 14.4. The van der Waals surface area contributed by atoms with Crippen LogP contribution in [0.25, 0.3) is 0 Å². The minimum Gasteiger partial charge on any atom is -0.335 e. The molecule has 0 atom stereocenters. The van der Waals surface area contributed by atoms with Gasteiger partial charge in [0.05, 0.1) is 12.2 Å². The van der Waals surface area contributed by atoms with Crippen LogP contribution in [-0.4, -0.2) is 42.5 Å². The molecule has 7 heteroatoms. The van der Waals surface area contributed by atoms with E-state index in [2.05, 4.69) is 33.0 Å². The van der Waals surface area contributed by atoms with Gasteiger partial charge in [-0.3, -0.25) is 9.69 Å². The molecule has 4 rings (SSSR count). The van der Waals surface area contributed by atoms with Gasteiger partial charge in [0.2, 0.25) is 5.91 Å². The number of urea groups is 1. The van der Waals surface area contributed by atoms with E-state index in [1.807, 2.05) is 72.8 Å². The van der Waals surface area contributed by atoms with E-state index in [1.165, 1.54) is 0 Å². The number of nitrogens with one attached hydrogen (secondary N) is 3. The van der Waals surface area contributed by atoms with Gasteiger partial charge in [-0.1, -0.05) is 60.3 Å². The molecule has 6 nitrogen and oxygen atoms in total. The number of nitrogens with zero attached hydrogens (tertiary/aromatic N) is 1. The predicted octanol–water partition coefficient (Wildman–Crippen LogP) is 5.06. The van der Waals surface area contributed by atoms with Gasteiger partial charge in [0.15, 0.2) is 0 Å². The van der Waals surface area contributed by atoms with E-state index in [0.717, 1.165) is 47.1 Å². The van der Waals surface area contributed by atoms with E-state index in [9.17, 15) is 9.59 Å². The molecule has 1 saturated heterocycles. The molecule has 0 aliphatic carbocycles. The summed E-state index contributed by atoms with van der Waals surface area (Å²) in [5, 5.41) is 8.95. The molecular formula is C26H28N4O2S. The van der Waals surface area contributed by atoms with Crippen LogP contribution in [0.2, 0.25) is 0 Å². The Morgan fingerprint density at radius 1 is 0.818 bits per heavy atom. The number of para-hydroxylation sites is 2. The van der Waals surface area contributed by atoms with Crippen molar-refractivity contribution in [2.75, 3.05) is 30.3 Å². The quantitative estimate of drug-likeness (QED) is 0.461. The number of carbonyl (C=O) groups excluding carboxylic acids is 2. The maximum Gasteiger partial charge on any atom is 0.319 e. The Morgan fingerprint density at radius 2 is 1.45 bits per heavy atom. The van der Waals surface area contributed by atoms with Crippen molar-refractivity contribution in [2.24, 2.45) is 0 Å². The zero-order chi connectivity index (χ0) is 22.9. The molecule has 0 aromatic heterocycles. The first kappa shape index (κ1) is 22.9. The van der Waals surface area contributed by atoms with Gasteiger partial charge in [0.25, 0.3) is 0 Å². The maximum absolute atomic E-state index is 12.7. The van der Waals surface area contributed by atoms with Crippen molar-refractivity contribution in [3.63, 3.8) is 0 Å². The number of amides is 3. The Hall–Kier alpha value is -3.29. The van der Waals surface area contributed by atoms with Gasteiger partial charge in [0, 0.05) is 34.6 Å². The number of carbonyl (C=O) groups is 2. The van der Waals surface area contributed by atoms with Gasteiger partial charge < -0.3 is 16.0 Å². The standard InChI is InChI=1S/C26H28N4O2S/c31-25(29-23-13-7-8-14-24(23)33-22-11-5-2-6-12-22)19-30-17-15-21(16-18-30)28-26(32)27-20-9-3-1-4-10-20/h1-14,21H,15-19H2,(H,29,31)(H2,27,28,32). The van der Waals surface area contributed by atoms with Gasteiger partial charge in [-0.2, -0.15) is 0 Å². The lowest BCUT2D eigenvalue weighted by Crippen LogP contribution is -2.47. The highest BCUT2D eigenvalue weighted by Gasteiger charge is 2.22. The summed E-state index contributed by atoms with van der Waals surface area (Å²) in [5.41, 5.74) is 1.60. The van der Waals surface area contributed by atoms with Crippen LogP contribution >= 0.6 is 11.8 Å². The van der Waals surface area contributed by atoms with Gasteiger partial charge in [-0.25, -0.2) is 4.79 Å². The van der Waals surface area contributed by atoms with E-state index in [1.54, 1.807) is 11.8 Å².